The van der Waals surface area contributed by atoms with Crippen LogP contribution in [0.15, 0.2) is 47.4 Å². The predicted molar refractivity (Wildman–Crippen MR) is 115 cm³/mol. The lowest BCUT2D eigenvalue weighted by molar-refractivity contribution is 0.0728. The first-order valence-electron chi connectivity index (χ1n) is 10.3. The third-order valence-corrected chi connectivity index (χ3v) is 7.44. The minimum absolute atomic E-state index is 0.0143. The van der Waals surface area contributed by atoms with Crippen LogP contribution in [-0.2, 0) is 21.3 Å². The maximum atomic E-state index is 14.1. The van der Waals surface area contributed by atoms with E-state index in [0.29, 0.717) is 12.2 Å². The van der Waals surface area contributed by atoms with Gasteiger partial charge in [0.1, 0.15) is 10.7 Å². The van der Waals surface area contributed by atoms with Gasteiger partial charge in [0.15, 0.2) is 0 Å². The number of carbonyl (C=O) groups excluding carboxylic acids is 1. The van der Waals surface area contributed by atoms with E-state index in [4.69, 9.17) is 16.3 Å². The lowest BCUT2D eigenvalue weighted by Gasteiger charge is -2.23. The van der Waals surface area contributed by atoms with Gasteiger partial charge in [-0.2, -0.15) is 0 Å². The van der Waals surface area contributed by atoms with Crippen molar-refractivity contribution in [1.82, 2.24) is 9.62 Å². The molecule has 1 atom stereocenters. The predicted octanol–water partition coefficient (Wildman–Crippen LogP) is 3.74. The Morgan fingerprint density at radius 2 is 1.97 bits per heavy atom. The van der Waals surface area contributed by atoms with E-state index in [1.165, 1.54) is 24.3 Å². The van der Waals surface area contributed by atoms with Crippen LogP contribution >= 0.6 is 11.6 Å². The lowest BCUT2D eigenvalue weighted by atomic mass is 10.1. The van der Waals surface area contributed by atoms with Crippen LogP contribution < -0.4 is 4.72 Å². The van der Waals surface area contributed by atoms with Gasteiger partial charge in [0, 0.05) is 36.9 Å². The lowest BCUT2D eigenvalue weighted by Crippen LogP contribution is -2.34. The molecule has 9 heteroatoms. The fourth-order valence-electron chi connectivity index (χ4n) is 3.66. The smallest absolute Gasteiger partial charge is 0.254 e. The molecule has 0 spiro atoms. The third kappa shape index (κ3) is 5.26. The Morgan fingerprint density at radius 3 is 2.65 bits per heavy atom. The molecular formula is C22H24ClFN2O4S. The molecule has 166 valence electrons. The van der Waals surface area contributed by atoms with Gasteiger partial charge in [-0.1, -0.05) is 29.8 Å². The zero-order chi connectivity index (χ0) is 22.0. The van der Waals surface area contributed by atoms with Crippen LogP contribution in [0.1, 0.15) is 41.6 Å². The van der Waals surface area contributed by atoms with Crippen molar-refractivity contribution in [1.29, 1.82) is 0 Å². The number of carbonyl (C=O) groups is 1. The maximum absolute atomic E-state index is 14.1. The summed E-state index contributed by atoms with van der Waals surface area (Å²) in [5, 5.41) is 0.0310. The molecule has 1 N–H and O–H groups in total. The number of halogens is 2. The molecule has 1 saturated heterocycles. The van der Waals surface area contributed by atoms with E-state index in [9.17, 15) is 17.6 Å². The highest BCUT2D eigenvalue weighted by Crippen LogP contribution is 2.31. The van der Waals surface area contributed by atoms with E-state index in [1.54, 1.807) is 23.1 Å². The summed E-state index contributed by atoms with van der Waals surface area (Å²) in [5.74, 6) is -0.725. The number of sulfonamides is 1. The van der Waals surface area contributed by atoms with Gasteiger partial charge in [0.25, 0.3) is 5.91 Å². The fourth-order valence-corrected chi connectivity index (χ4v) is 5.25. The van der Waals surface area contributed by atoms with Crippen molar-refractivity contribution in [2.24, 2.45) is 0 Å². The van der Waals surface area contributed by atoms with E-state index in [2.05, 4.69) is 4.72 Å². The molecule has 2 aromatic rings. The van der Waals surface area contributed by atoms with Crippen LogP contribution in [0.4, 0.5) is 4.39 Å². The van der Waals surface area contributed by atoms with Crippen LogP contribution in [-0.4, -0.2) is 44.5 Å². The standard InChI is InChI=1S/C22H24ClFN2O4S/c23-19-10-7-15(12-21(19)31(28,29)25-13-18-5-3-11-30-18)22(27)26(17-8-9-17)14-16-4-1-2-6-20(16)24/h1-2,4,6-7,10,12,17-18,25H,3,5,8-9,11,13-14H2. The Labute approximate surface area is 186 Å². The molecule has 1 aliphatic carbocycles. The Kier molecular flexibility index (Phi) is 6.62. The van der Waals surface area contributed by atoms with Crippen LogP contribution in [0.25, 0.3) is 0 Å². The zero-order valence-electron chi connectivity index (χ0n) is 16.9. The minimum Gasteiger partial charge on any atom is -0.377 e. The van der Waals surface area contributed by atoms with Crippen molar-refractivity contribution in [3.05, 3.63) is 64.4 Å². The second-order valence-electron chi connectivity index (χ2n) is 7.89. The molecule has 6 nitrogen and oxygen atoms in total. The van der Waals surface area contributed by atoms with Crippen molar-refractivity contribution in [2.75, 3.05) is 13.2 Å². The van der Waals surface area contributed by atoms with Crippen molar-refractivity contribution in [2.45, 2.75) is 49.3 Å². The molecule has 1 saturated carbocycles. The van der Waals surface area contributed by atoms with E-state index in [1.807, 2.05) is 0 Å². The number of ether oxygens (including phenoxy) is 1. The summed E-state index contributed by atoms with van der Waals surface area (Å²) in [6.45, 7) is 0.895. The molecule has 31 heavy (non-hydrogen) atoms. The number of rotatable bonds is 8. The molecular weight excluding hydrogens is 443 g/mol. The molecule has 1 aliphatic heterocycles. The van der Waals surface area contributed by atoms with Gasteiger partial charge in [0.05, 0.1) is 11.1 Å². The average molecular weight is 467 g/mol. The third-order valence-electron chi connectivity index (χ3n) is 5.54. The van der Waals surface area contributed by atoms with Crippen LogP contribution in [0.3, 0.4) is 0 Å². The van der Waals surface area contributed by atoms with E-state index >= 15 is 0 Å². The zero-order valence-corrected chi connectivity index (χ0v) is 18.5. The Morgan fingerprint density at radius 1 is 1.19 bits per heavy atom. The molecule has 0 bridgehead atoms. The number of hydrogen-bond acceptors (Lipinski definition) is 4. The number of benzene rings is 2. The Hall–Kier alpha value is -2.00. The summed E-state index contributed by atoms with van der Waals surface area (Å²) < 4.78 is 47.7. The molecule has 0 aromatic heterocycles. The summed E-state index contributed by atoms with van der Waals surface area (Å²) >= 11 is 6.16. The van der Waals surface area contributed by atoms with Crippen LogP contribution in [0, 0.1) is 5.82 Å². The molecule has 0 radical (unpaired) electrons. The first-order valence-corrected chi connectivity index (χ1v) is 12.2. The van der Waals surface area contributed by atoms with Gasteiger partial charge in [-0.15, -0.1) is 0 Å². The maximum Gasteiger partial charge on any atom is 0.254 e. The second kappa shape index (κ2) is 9.24. The van der Waals surface area contributed by atoms with Gasteiger partial charge in [-0.25, -0.2) is 17.5 Å². The average Bonchev–Trinajstić information content (AvgIpc) is 3.45. The largest absolute Gasteiger partial charge is 0.377 e. The molecule has 1 heterocycles. The van der Waals surface area contributed by atoms with E-state index in [-0.39, 0.29) is 52.4 Å². The Balaban J connectivity index is 1.55. The quantitative estimate of drug-likeness (QED) is 0.643. The fraction of sp³-hybridized carbons (Fsp3) is 0.409. The van der Waals surface area contributed by atoms with E-state index < -0.39 is 10.0 Å². The molecule has 2 fully saturated rings. The van der Waals surface area contributed by atoms with Gasteiger partial charge in [-0.3, -0.25) is 4.79 Å². The normalized spacial score (nSPS) is 18.8. The Bertz CT molecular complexity index is 1070. The number of nitrogens with zero attached hydrogens (tertiary/aromatic N) is 1. The highest BCUT2D eigenvalue weighted by atomic mass is 35.5. The van der Waals surface area contributed by atoms with Crippen LogP contribution in [0.2, 0.25) is 5.02 Å². The summed E-state index contributed by atoms with van der Waals surface area (Å²) in [4.78, 5) is 14.7. The van der Waals surface area contributed by atoms with E-state index in [0.717, 1.165) is 25.7 Å². The van der Waals surface area contributed by atoms with Crippen LogP contribution in [0.5, 0.6) is 0 Å². The molecule has 2 aliphatic rings. The van der Waals surface area contributed by atoms with Crippen molar-refractivity contribution < 1.29 is 22.3 Å². The summed E-state index contributed by atoms with van der Waals surface area (Å²) in [5.41, 5.74) is 0.618. The molecule has 2 aromatic carbocycles. The number of hydrogen-bond donors (Lipinski definition) is 1. The number of amides is 1. The monoisotopic (exact) mass is 466 g/mol. The van der Waals surface area contributed by atoms with Crippen molar-refractivity contribution in [3.63, 3.8) is 0 Å². The molecule has 1 unspecified atom stereocenters. The summed E-state index contributed by atoms with van der Waals surface area (Å²) in [7, 11) is -3.92. The van der Waals surface area contributed by atoms with Gasteiger partial charge in [-0.05, 0) is 49.9 Å². The first kappa shape index (κ1) is 22.2. The number of nitrogens with one attached hydrogen (secondary N) is 1. The van der Waals surface area contributed by atoms with Crippen molar-refractivity contribution >= 4 is 27.5 Å². The SMILES string of the molecule is O=C(c1ccc(Cl)c(S(=O)(=O)NCC2CCCO2)c1)N(Cc1ccccc1F)C1CC1. The topological polar surface area (TPSA) is 75.7 Å². The highest BCUT2D eigenvalue weighted by molar-refractivity contribution is 7.89. The molecule has 1 amide bonds. The molecule has 4 rings (SSSR count). The summed E-state index contributed by atoms with van der Waals surface area (Å²) in [6.07, 6.45) is 3.20. The van der Waals surface area contributed by atoms with Crippen molar-refractivity contribution in [3.8, 4) is 0 Å². The summed E-state index contributed by atoms with van der Waals surface area (Å²) in [6, 6.07) is 10.5. The van der Waals surface area contributed by atoms with Gasteiger partial charge in [0.2, 0.25) is 10.0 Å². The second-order valence-corrected chi connectivity index (χ2v) is 10.0. The highest BCUT2D eigenvalue weighted by Gasteiger charge is 2.34. The van der Waals surface area contributed by atoms with Gasteiger partial charge < -0.3 is 9.64 Å². The van der Waals surface area contributed by atoms with Gasteiger partial charge >= 0.3 is 0 Å². The minimum atomic E-state index is -3.92. The first-order chi connectivity index (χ1) is 14.8.